The Morgan fingerprint density at radius 2 is 1.46 bits per heavy atom. The van der Waals surface area contributed by atoms with Gasteiger partial charge >= 0.3 is 0 Å². The fourth-order valence-corrected chi connectivity index (χ4v) is 5.03. The molecule has 0 spiro atoms. The monoisotopic (exact) mass is 408 g/mol. The molecule has 0 aromatic carbocycles. The first-order valence-electron chi connectivity index (χ1n) is 9.93. The highest BCUT2D eigenvalue weighted by Gasteiger charge is 2.47. The van der Waals surface area contributed by atoms with Crippen molar-refractivity contribution in [3.05, 3.63) is 0 Å². The van der Waals surface area contributed by atoms with E-state index in [4.69, 9.17) is 18.7 Å². The molecule has 0 radical (unpaired) electrons. The van der Waals surface area contributed by atoms with Gasteiger partial charge in [-0.05, 0) is 36.8 Å². The van der Waals surface area contributed by atoms with Crippen LogP contribution < -0.4 is 0 Å². The van der Waals surface area contributed by atoms with Crippen molar-refractivity contribution in [1.29, 1.82) is 0 Å². The molecule has 2 rings (SSSR count). The lowest BCUT2D eigenvalue weighted by atomic mass is 9.78. The van der Waals surface area contributed by atoms with E-state index in [2.05, 4.69) is 50.5 Å². The maximum Gasteiger partial charge on any atom is 0.188 e. The summed E-state index contributed by atoms with van der Waals surface area (Å²) in [5.74, 6) is 1.76. The molecule has 5 nitrogen and oxygen atoms in total. The number of aliphatic hydroxyl groups is 1. The third kappa shape index (κ3) is 4.98. The van der Waals surface area contributed by atoms with Gasteiger partial charge in [-0.1, -0.05) is 50.5 Å². The summed E-state index contributed by atoms with van der Waals surface area (Å²) < 4.78 is 25.0. The van der Waals surface area contributed by atoms with Crippen LogP contribution in [-0.2, 0) is 18.7 Å². The van der Waals surface area contributed by atoms with Gasteiger partial charge in [0.2, 0.25) is 0 Å². The summed E-state index contributed by atoms with van der Waals surface area (Å²) in [5.41, 5.74) is 0. The van der Waals surface area contributed by atoms with Crippen LogP contribution in [0.4, 0.5) is 0 Å². The summed E-state index contributed by atoms with van der Waals surface area (Å²) in [5, 5.41) is 9.67. The molecule has 0 saturated carbocycles. The Balaban J connectivity index is 2.17. The molecule has 2 fully saturated rings. The molecule has 2 heterocycles. The minimum Gasteiger partial charge on any atom is -0.394 e. The molecule has 1 N–H and O–H groups in total. The van der Waals surface area contributed by atoms with E-state index in [-0.39, 0.29) is 43.0 Å². The first-order valence-corrected chi connectivity index (χ1v) is 13.3. The average Bonchev–Trinajstić information content (AvgIpc) is 2.60. The van der Waals surface area contributed by atoms with E-state index < -0.39 is 14.1 Å². The fraction of sp³-hybridized carbons (Fsp3) is 1.00. The van der Waals surface area contributed by atoms with Crippen molar-refractivity contribution in [2.45, 2.75) is 78.9 Å². The molecular weight excluding hydrogens is 370 g/mol. The van der Waals surface area contributed by atoms with Crippen LogP contribution in [0.15, 0.2) is 0 Å². The summed E-state index contributed by atoms with van der Waals surface area (Å²) in [6, 6.07) is 0. The van der Waals surface area contributed by atoms with Gasteiger partial charge in [-0.3, -0.25) is 0 Å². The van der Waals surface area contributed by atoms with Gasteiger partial charge in [0.1, 0.15) is 6.10 Å². The van der Waals surface area contributed by atoms with Gasteiger partial charge in [-0.2, -0.15) is 0 Å². The van der Waals surface area contributed by atoms with Gasteiger partial charge in [-0.15, -0.1) is 0 Å². The van der Waals surface area contributed by atoms with Gasteiger partial charge < -0.3 is 23.8 Å². The van der Waals surface area contributed by atoms with E-state index in [1.54, 1.807) is 0 Å². The van der Waals surface area contributed by atoms with Crippen LogP contribution in [0.2, 0.25) is 0 Å². The molecule has 0 aromatic heterocycles. The zero-order valence-corrected chi connectivity index (χ0v) is 19.3. The first-order chi connectivity index (χ1) is 12.2. The predicted molar refractivity (Wildman–Crippen MR) is 109 cm³/mol. The van der Waals surface area contributed by atoms with Crippen molar-refractivity contribution in [3.63, 3.8) is 0 Å². The molecule has 0 aromatic rings. The molecule has 7 heteroatoms. The maximum absolute atomic E-state index is 9.67. The average molecular weight is 408 g/mol. The van der Waals surface area contributed by atoms with E-state index in [1.807, 2.05) is 6.66 Å². The quantitative estimate of drug-likeness (QED) is 0.667. The Bertz CT molecular complexity index is 436. The normalized spacial score (nSPS) is 48.3. The Morgan fingerprint density at radius 1 is 0.885 bits per heavy atom. The minimum atomic E-state index is -0.680. The van der Waals surface area contributed by atoms with Crippen LogP contribution >= 0.6 is 16.8 Å². The van der Waals surface area contributed by atoms with Gasteiger partial charge in [0.05, 0.1) is 18.8 Å². The van der Waals surface area contributed by atoms with Crippen molar-refractivity contribution >= 4 is 16.8 Å². The number of hydrogen-bond acceptors (Lipinski definition) is 5. The molecule has 2 aliphatic rings. The zero-order chi connectivity index (χ0) is 19.6. The topological polar surface area (TPSA) is 57.2 Å². The van der Waals surface area contributed by atoms with Gasteiger partial charge in [0.25, 0.3) is 0 Å². The van der Waals surface area contributed by atoms with E-state index in [1.165, 1.54) is 0 Å². The lowest BCUT2D eigenvalue weighted by Gasteiger charge is -2.48. The first kappa shape index (κ1) is 22.9. The second-order valence-electron chi connectivity index (χ2n) is 8.22. The van der Waals surface area contributed by atoms with Gasteiger partial charge in [0, 0.05) is 13.8 Å². The fourth-order valence-electron chi connectivity index (χ4n) is 4.17. The van der Waals surface area contributed by atoms with E-state index in [0.29, 0.717) is 17.8 Å². The summed E-state index contributed by atoms with van der Waals surface area (Å²) in [6.07, 6.45) is 0.0591. The smallest absolute Gasteiger partial charge is 0.188 e. The molecule has 154 valence electrons. The van der Waals surface area contributed by atoms with Crippen LogP contribution in [0.3, 0.4) is 0 Å². The van der Waals surface area contributed by atoms with E-state index in [9.17, 15) is 5.11 Å². The number of rotatable bonds is 6. The molecule has 2 aliphatic heterocycles. The lowest BCUT2D eigenvalue weighted by Crippen LogP contribution is -2.55. The van der Waals surface area contributed by atoms with Crippen molar-refractivity contribution in [2.75, 3.05) is 13.3 Å². The van der Waals surface area contributed by atoms with Crippen molar-refractivity contribution in [1.82, 2.24) is 0 Å². The summed E-state index contributed by atoms with van der Waals surface area (Å²) in [6.45, 7) is 15.2. The molecular formula is C19H38O5P2. The third-order valence-electron chi connectivity index (χ3n) is 6.64. The van der Waals surface area contributed by atoms with Crippen molar-refractivity contribution in [3.8, 4) is 0 Å². The summed E-state index contributed by atoms with van der Waals surface area (Å²) >= 11 is 0. The van der Waals surface area contributed by atoms with Crippen molar-refractivity contribution < 1.29 is 23.8 Å². The summed E-state index contributed by atoms with van der Waals surface area (Å²) in [7, 11) is 2.02. The van der Waals surface area contributed by atoms with E-state index in [0.717, 1.165) is 6.42 Å². The number of aliphatic hydroxyl groups excluding tert-OH is 1. The van der Waals surface area contributed by atoms with Crippen LogP contribution in [0, 0.1) is 29.6 Å². The molecule has 0 aliphatic carbocycles. The zero-order valence-electron chi connectivity index (χ0n) is 17.3. The lowest BCUT2D eigenvalue weighted by molar-refractivity contribution is -0.324. The highest BCUT2D eigenvalue weighted by molar-refractivity contribution is 8.10. The Labute approximate surface area is 162 Å². The van der Waals surface area contributed by atoms with Gasteiger partial charge in [-0.25, -0.2) is 0 Å². The highest BCUT2D eigenvalue weighted by atomic mass is 32.0. The maximum atomic E-state index is 9.67. The molecule has 12 atom stereocenters. The molecule has 6 unspecified atom stereocenters. The molecule has 0 bridgehead atoms. The highest BCUT2D eigenvalue weighted by Crippen LogP contribution is 2.47. The van der Waals surface area contributed by atoms with Crippen LogP contribution in [0.5, 0.6) is 0 Å². The Kier molecular flexibility index (Phi) is 8.75. The SMILES string of the molecule is CCC1OC(O[C@H]2C(OP(C)P)OC(CO)[C@@H](C)[C@@H]2C)[C@@H](C)[C@@H](C)[C@@H]1C. The van der Waals surface area contributed by atoms with Crippen molar-refractivity contribution in [2.24, 2.45) is 29.6 Å². The van der Waals surface area contributed by atoms with Crippen LogP contribution in [0.1, 0.15) is 48.0 Å². The number of hydrogen-bond donors (Lipinski definition) is 1. The van der Waals surface area contributed by atoms with Crippen LogP contribution in [-0.4, -0.2) is 49.3 Å². The second-order valence-corrected chi connectivity index (χ2v) is 11.7. The van der Waals surface area contributed by atoms with Gasteiger partial charge in [0.15, 0.2) is 12.6 Å². The predicted octanol–water partition coefficient (Wildman–Crippen LogP) is 4.24. The standard InChI is InChI=1S/C19H38O5P2/c1-8-15-11(3)10(2)14(6)18(21-15)23-17-13(5)12(4)16(9-20)22-19(17)24-26(7)25/h10-20H,8-9,25H2,1-7H3/t10-,11-,12-,13-,14-,15?,16?,17+,18?,19?,26?/m0/s1. The second kappa shape index (κ2) is 9.92. The van der Waals surface area contributed by atoms with E-state index >= 15 is 0 Å². The van der Waals surface area contributed by atoms with Crippen LogP contribution in [0.25, 0.3) is 0 Å². The largest absolute Gasteiger partial charge is 0.394 e. The summed E-state index contributed by atoms with van der Waals surface area (Å²) in [4.78, 5) is 0. The third-order valence-corrected chi connectivity index (χ3v) is 7.54. The molecule has 0 amide bonds. The Morgan fingerprint density at radius 3 is 2.00 bits per heavy atom. The molecule has 2 saturated heterocycles. The number of ether oxygens (including phenoxy) is 3. The minimum absolute atomic E-state index is 0.000622. The Hall–Kier alpha value is 0.660. The molecule has 26 heavy (non-hydrogen) atoms.